The molecule has 2 aromatic rings. The number of benzene rings is 1. The number of methoxy groups -OCH3 is 1. The predicted octanol–water partition coefficient (Wildman–Crippen LogP) is 1.92. The van der Waals surface area contributed by atoms with Crippen LogP contribution in [0.25, 0.3) is 5.69 Å². The molecule has 0 amide bonds. The minimum absolute atomic E-state index is 0.277. The third-order valence-corrected chi connectivity index (χ3v) is 3.31. The fraction of sp³-hybridized carbons (Fsp3) is 0.333. The van der Waals surface area contributed by atoms with Gasteiger partial charge in [-0.05, 0) is 31.0 Å². The molecule has 1 aromatic heterocycles. The summed E-state index contributed by atoms with van der Waals surface area (Å²) in [6.45, 7) is 3.97. The van der Waals surface area contributed by atoms with E-state index in [1.54, 1.807) is 9.58 Å². The molecule has 0 aliphatic rings. The largest absolute Gasteiger partial charge is 0.465 e. The number of hydrogen-bond acceptors (Lipinski definition) is 5. The quantitative estimate of drug-likeness (QED) is 0.874. The molecule has 0 atom stereocenters. The zero-order chi connectivity index (χ0) is 15.7. The van der Waals surface area contributed by atoms with E-state index < -0.39 is 5.97 Å². The third-order valence-electron chi connectivity index (χ3n) is 3.31. The highest BCUT2D eigenvalue weighted by atomic mass is 16.5. The van der Waals surface area contributed by atoms with E-state index in [0.717, 1.165) is 16.8 Å². The summed E-state index contributed by atoms with van der Waals surface area (Å²) in [5.41, 5.74) is 9.39. The summed E-state index contributed by atoms with van der Waals surface area (Å²) in [6.07, 6.45) is 0. The van der Waals surface area contributed by atoms with Gasteiger partial charge in [-0.25, -0.2) is 9.48 Å². The summed E-state index contributed by atoms with van der Waals surface area (Å²) in [5.74, 6) is 0.271. The normalized spacial score (nSPS) is 10.5. The van der Waals surface area contributed by atoms with Crippen LogP contribution in [-0.2, 0) is 4.74 Å². The Hall–Kier alpha value is -2.50. The number of ether oxygens (including phenoxy) is 1. The lowest BCUT2D eigenvalue weighted by atomic mass is 10.1. The topological polar surface area (TPSA) is 73.4 Å². The third kappa shape index (κ3) is 2.56. The molecule has 0 saturated carbocycles. The maximum Gasteiger partial charge on any atom is 0.345 e. The molecule has 6 heteroatoms. The van der Waals surface area contributed by atoms with Gasteiger partial charge in [0.1, 0.15) is 11.4 Å². The van der Waals surface area contributed by atoms with Crippen LogP contribution < -0.4 is 10.6 Å². The van der Waals surface area contributed by atoms with Crippen molar-refractivity contribution in [3.63, 3.8) is 0 Å². The average molecular weight is 288 g/mol. The molecule has 0 bridgehead atoms. The van der Waals surface area contributed by atoms with Gasteiger partial charge in [0.25, 0.3) is 0 Å². The molecule has 2 rings (SSSR count). The Morgan fingerprint density at radius 3 is 2.57 bits per heavy atom. The first-order valence-corrected chi connectivity index (χ1v) is 6.58. The van der Waals surface area contributed by atoms with Crippen LogP contribution in [0.5, 0.6) is 0 Å². The molecule has 0 saturated heterocycles. The number of carbonyl (C=O) groups is 1. The van der Waals surface area contributed by atoms with Crippen LogP contribution in [0.4, 0.5) is 11.6 Å². The van der Waals surface area contributed by atoms with Crippen molar-refractivity contribution < 1.29 is 9.53 Å². The lowest BCUT2D eigenvalue weighted by Gasteiger charge is -2.10. The summed E-state index contributed by atoms with van der Waals surface area (Å²) >= 11 is 0. The lowest BCUT2D eigenvalue weighted by molar-refractivity contribution is 0.0602. The molecule has 21 heavy (non-hydrogen) atoms. The van der Waals surface area contributed by atoms with Gasteiger partial charge in [-0.1, -0.05) is 12.1 Å². The van der Waals surface area contributed by atoms with Gasteiger partial charge in [-0.15, -0.1) is 5.10 Å². The summed E-state index contributed by atoms with van der Waals surface area (Å²) in [7, 11) is 4.94. The van der Waals surface area contributed by atoms with Crippen molar-refractivity contribution in [2.24, 2.45) is 0 Å². The van der Waals surface area contributed by atoms with Gasteiger partial charge in [-0.3, -0.25) is 0 Å². The summed E-state index contributed by atoms with van der Waals surface area (Å²) in [6, 6.07) is 6.00. The van der Waals surface area contributed by atoms with E-state index in [-0.39, 0.29) is 11.4 Å². The van der Waals surface area contributed by atoms with Crippen molar-refractivity contribution in [2.45, 2.75) is 13.8 Å². The van der Waals surface area contributed by atoms with Crippen molar-refractivity contribution in [2.75, 3.05) is 31.8 Å². The Morgan fingerprint density at radius 1 is 1.33 bits per heavy atom. The van der Waals surface area contributed by atoms with E-state index in [1.807, 2.05) is 46.1 Å². The molecule has 2 N–H and O–H groups in total. The highest BCUT2D eigenvalue weighted by Crippen LogP contribution is 2.28. The molecule has 0 aliphatic heterocycles. The Morgan fingerprint density at radius 2 is 2.00 bits per heavy atom. The number of hydrogen-bond donors (Lipinski definition) is 1. The average Bonchev–Trinajstić information content (AvgIpc) is 2.78. The smallest absolute Gasteiger partial charge is 0.345 e. The summed E-state index contributed by atoms with van der Waals surface area (Å²) in [4.78, 5) is 13.7. The number of aryl methyl sites for hydroxylation is 2. The Kier molecular flexibility index (Phi) is 3.88. The highest BCUT2D eigenvalue weighted by Gasteiger charge is 2.25. The maximum atomic E-state index is 12.0. The summed E-state index contributed by atoms with van der Waals surface area (Å²) in [5, 5.41) is 4.47. The van der Waals surface area contributed by atoms with E-state index in [4.69, 9.17) is 10.5 Å². The molecule has 0 spiro atoms. The second kappa shape index (κ2) is 5.47. The number of nitrogens with zero attached hydrogens (tertiary/aromatic N) is 3. The minimum atomic E-state index is -0.493. The zero-order valence-electron chi connectivity index (χ0n) is 13.0. The molecule has 112 valence electrons. The van der Waals surface area contributed by atoms with Gasteiger partial charge in [0, 0.05) is 14.1 Å². The maximum absolute atomic E-state index is 12.0. The molecular formula is C15H20N4O2. The number of rotatable bonds is 3. The predicted molar refractivity (Wildman–Crippen MR) is 83.1 cm³/mol. The van der Waals surface area contributed by atoms with Crippen molar-refractivity contribution in [1.82, 2.24) is 9.78 Å². The Bertz CT molecular complexity index is 689. The van der Waals surface area contributed by atoms with E-state index in [0.29, 0.717) is 5.82 Å². The lowest BCUT2D eigenvalue weighted by Crippen LogP contribution is -2.14. The van der Waals surface area contributed by atoms with E-state index >= 15 is 0 Å². The van der Waals surface area contributed by atoms with Gasteiger partial charge in [-0.2, -0.15) is 0 Å². The molecule has 1 heterocycles. The monoisotopic (exact) mass is 288 g/mol. The molecule has 0 unspecified atom stereocenters. The van der Waals surface area contributed by atoms with Crippen molar-refractivity contribution >= 4 is 17.6 Å². The van der Waals surface area contributed by atoms with Crippen molar-refractivity contribution in [3.8, 4) is 5.69 Å². The minimum Gasteiger partial charge on any atom is -0.465 e. The second-order valence-electron chi connectivity index (χ2n) is 5.17. The van der Waals surface area contributed by atoms with Gasteiger partial charge in [0.15, 0.2) is 5.82 Å². The van der Waals surface area contributed by atoms with Gasteiger partial charge in [0.2, 0.25) is 0 Å². The first kappa shape index (κ1) is 14.9. The SMILES string of the molecule is COC(=O)c1c(N(C)C)nn(-c2cc(C)ccc2C)c1N. The van der Waals surface area contributed by atoms with E-state index in [9.17, 15) is 4.79 Å². The van der Waals surface area contributed by atoms with Crippen LogP contribution in [0.2, 0.25) is 0 Å². The highest BCUT2D eigenvalue weighted by molar-refractivity contribution is 6.00. The van der Waals surface area contributed by atoms with Crippen LogP contribution in [0.1, 0.15) is 21.5 Å². The molecule has 1 aromatic carbocycles. The number of carbonyl (C=O) groups excluding carboxylic acids is 1. The first-order chi connectivity index (χ1) is 9.86. The van der Waals surface area contributed by atoms with Crippen LogP contribution in [-0.4, -0.2) is 37.0 Å². The summed E-state index contributed by atoms with van der Waals surface area (Å²) < 4.78 is 6.40. The van der Waals surface area contributed by atoms with E-state index in [1.165, 1.54) is 7.11 Å². The number of nitrogens with two attached hydrogens (primary N) is 1. The van der Waals surface area contributed by atoms with Gasteiger partial charge < -0.3 is 15.4 Å². The van der Waals surface area contributed by atoms with Crippen LogP contribution in [0, 0.1) is 13.8 Å². The molecule has 6 nitrogen and oxygen atoms in total. The van der Waals surface area contributed by atoms with Crippen molar-refractivity contribution in [3.05, 3.63) is 34.9 Å². The first-order valence-electron chi connectivity index (χ1n) is 6.58. The zero-order valence-corrected chi connectivity index (χ0v) is 13.0. The van der Waals surface area contributed by atoms with Crippen LogP contribution >= 0.6 is 0 Å². The van der Waals surface area contributed by atoms with Gasteiger partial charge >= 0.3 is 5.97 Å². The molecule has 0 aliphatic carbocycles. The van der Waals surface area contributed by atoms with E-state index in [2.05, 4.69) is 5.10 Å². The number of aromatic nitrogens is 2. The Balaban J connectivity index is 2.71. The number of anilines is 2. The number of nitrogen functional groups attached to an aromatic ring is 1. The standard InChI is InChI=1S/C15H20N4O2/c1-9-6-7-10(2)11(8-9)19-13(16)12(15(20)21-5)14(17-19)18(3)4/h6-8H,16H2,1-5H3. The van der Waals surface area contributed by atoms with Crippen molar-refractivity contribution in [1.29, 1.82) is 0 Å². The second-order valence-corrected chi connectivity index (χ2v) is 5.17. The number of esters is 1. The molecule has 0 fully saturated rings. The molecule has 0 radical (unpaired) electrons. The fourth-order valence-corrected chi connectivity index (χ4v) is 2.16. The van der Waals surface area contributed by atoms with Crippen LogP contribution in [0.3, 0.4) is 0 Å². The van der Waals surface area contributed by atoms with Crippen LogP contribution in [0.15, 0.2) is 18.2 Å². The molecular weight excluding hydrogens is 268 g/mol. The fourth-order valence-electron chi connectivity index (χ4n) is 2.16. The Labute approximate surface area is 124 Å². The van der Waals surface area contributed by atoms with Gasteiger partial charge in [0.05, 0.1) is 12.8 Å².